The van der Waals surface area contributed by atoms with Gasteiger partial charge in [-0.25, -0.2) is 8.42 Å². The minimum Gasteiger partial charge on any atom is -0.217 e. The summed E-state index contributed by atoms with van der Waals surface area (Å²) in [5.41, 5.74) is 0. The SMILES string of the molecule is CCCC/C(I)=C/C(F)(F)S(=O)(=O)c1ccccc1. The lowest BCUT2D eigenvalue weighted by atomic mass is 10.2. The summed E-state index contributed by atoms with van der Waals surface area (Å²) in [7, 11) is -4.67. The highest BCUT2D eigenvalue weighted by Gasteiger charge is 2.44. The number of sulfone groups is 1. The topological polar surface area (TPSA) is 34.1 Å². The van der Waals surface area contributed by atoms with Gasteiger partial charge in [0.2, 0.25) is 9.84 Å². The molecule has 2 nitrogen and oxygen atoms in total. The summed E-state index contributed by atoms with van der Waals surface area (Å²) in [4.78, 5) is -0.365. The Bertz CT molecular complexity index is 539. The molecule has 0 aliphatic rings. The Labute approximate surface area is 126 Å². The van der Waals surface area contributed by atoms with E-state index in [0.29, 0.717) is 16.1 Å². The number of hydrogen-bond donors (Lipinski definition) is 0. The average molecular weight is 400 g/mol. The molecule has 0 amide bonds. The van der Waals surface area contributed by atoms with E-state index in [1.807, 2.05) is 6.92 Å². The molecular weight excluding hydrogens is 385 g/mol. The van der Waals surface area contributed by atoms with Crippen molar-refractivity contribution >= 4 is 32.4 Å². The number of allylic oxidation sites excluding steroid dienone is 1. The summed E-state index contributed by atoms with van der Waals surface area (Å²) < 4.78 is 51.9. The van der Waals surface area contributed by atoms with Crippen LogP contribution in [-0.4, -0.2) is 13.7 Å². The van der Waals surface area contributed by atoms with Gasteiger partial charge in [0.15, 0.2) is 0 Å². The molecule has 0 saturated heterocycles. The fourth-order valence-corrected chi connectivity index (χ4v) is 3.55. The molecular formula is C13H15F2IO2S. The Morgan fingerprint density at radius 1 is 1.32 bits per heavy atom. The highest BCUT2D eigenvalue weighted by Crippen LogP contribution is 2.33. The number of hydrogen-bond acceptors (Lipinski definition) is 2. The summed E-state index contributed by atoms with van der Waals surface area (Å²) in [6, 6.07) is 6.79. The fraction of sp³-hybridized carbons (Fsp3) is 0.385. The van der Waals surface area contributed by atoms with Crippen LogP contribution in [0.25, 0.3) is 0 Å². The Balaban J connectivity index is 3.06. The van der Waals surface area contributed by atoms with E-state index < -0.39 is 15.1 Å². The molecule has 1 aromatic carbocycles. The lowest BCUT2D eigenvalue weighted by Gasteiger charge is -2.14. The Hall–Kier alpha value is -0.500. The van der Waals surface area contributed by atoms with Crippen LogP contribution in [0.1, 0.15) is 26.2 Å². The van der Waals surface area contributed by atoms with Gasteiger partial charge in [-0.2, -0.15) is 8.78 Å². The molecule has 1 aromatic rings. The second kappa shape index (κ2) is 6.78. The van der Waals surface area contributed by atoms with Crippen LogP contribution in [0.2, 0.25) is 0 Å². The minimum atomic E-state index is -4.67. The maximum atomic E-state index is 13.9. The Morgan fingerprint density at radius 2 is 1.89 bits per heavy atom. The van der Waals surface area contributed by atoms with Crippen LogP contribution in [0.15, 0.2) is 44.9 Å². The van der Waals surface area contributed by atoms with Gasteiger partial charge in [-0.3, -0.25) is 0 Å². The van der Waals surface area contributed by atoms with Crippen molar-refractivity contribution in [2.24, 2.45) is 0 Å². The van der Waals surface area contributed by atoms with E-state index in [0.717, 1.165) is 12.8 Å². The third-order valence-electron chi connectivity index (χ3n) is 2.51. The Kier molecular flexibility index (Phi) is 5.91. The van der Waals surface area contributed by atoms with Gasteiger partial charge in [-0.15, -0.1) is 0 Å². The zero-order valence-electron chi connectivity index (χ0n) is 10.4. The van der Waals surface area contributed by atoms with Gasteiger partial charge in [0.1, 0.15) is 0 Å². The highest BCUT2D eigenvalue weighted by atomic mass is 127. The van der Waals surface area contributed by atoms with Gasteiger partial charge < -0.3 is 0 Å². The van der Waals surface area contributed by atoms with Gasteiger partial charge in [-0.1, -0.05) is 31.5 Å². The number of benzene rings is 1. The van der Waals surface area contributed by atoms with Gasteiger partial charge in [0.05, 0.1) is 4.90 Å². The average Bonchev–Trinajstić information content (AvgIpc) is 2.36. The molecule has 0 fully saturated rings. The van der Waals surface area contributed by atoms with Crippen molar-refractivity contribution in [3.05, 3.63) is 40.0 Å². The first-order valence-electron chi connectivity index (χ1n) is 5.86. The number of unbranched alkanes of at least 4 members (excludes halogenated alkanes) is 1. The van der Waals surface area contributed by atoms with Crippen LogP contribution < -0.4 is 0 Å². The van der Waals surface area contributed by atoms with E-state index in [9.17, 15) is 17.2 Å². The maximum Gasteiger partial charge on any atom is 0.369 e. The zero-order chi connectivity index (χ0) is 14.5. The first-order valence-corrected chi connectivity index (χ1v) is 8.42. The smallest absolute Gasteiger partial charge is 0.217 e. The third-order valence-corrected chi connectivity index (χ3v) is 5.08. The molecule has 19 heavy (non-hydrogen) atoms. The molecule has 0 bridgehead atoms. The lowest BCUT2D eigenvalue weighted by Crippen LogP contribution is -2.26. The van der Waals surface area contributed by atoms with Crippen molar-refractivity contribution in [3.8, 4) is 0 Å². The van der Waals surface area contributed by atoms with E-state index in [1.165, 1.54) is 24.3 Å². The van der Waals surface area contributed by atoms with Crippen molar-refractivity contribution in [1.29, 1.82) is 0 Å². The highest BCUT2D eigenvalue weighted by molar-refractivity contribution is 14.1. The second-order valence-corrected chi connectivity index (χ2v) is 7.48. The van der Waals surface area contributed by atoms with E-state index in [-0.39, 0.29) is 4.90 Å². The summed E-state index contributed by atoms with van der Waals surface area (Å²) in [6.07, 6.45) is 2.65. The van der Waals surface area contributed by atoms with E-state index >= 15 is 0 Å². The number of halogens is 3. The number of rotatable bonds is 6. The largest absolute Gasteiger partial charge is 0.369 e. The molecule has 6 heteroatoms. The molecule has 0 aromatic heterocycles. The molecule has 0 atom stereocenters. The summed E-state index contributed by atoms with van der Waals surface area (Å²) in [5, 5.41) is -3.88. The van der Waals surface area contributed by atoms with Gasteiger partial charge in [-0.05, 0) is 51.1 Å². The molecule has 0 saturated carbocycles. The quantitative estimate of drug-likeness (QED) is 0.656. The third kappa shape index (κ3) is 4.24. The van der Waals surface area contributed by atoms with E-state index in [4.69, 9.17) is 0 Å². The predicted octanol–water partition coefficient (Wildman–Crippen LogP) is 4.56. The molecule has 1 rings (SSSR count). The fourth-order valence-electron chi connectivity index (χ4n) is 1.43. The summed E-state index contributed by atoms with van der Waals surface area (Å²) in [6.45, 7) is 1.95. The normalized spacial score (nSPS) is 13.6. The Morgan fingerprint density at radius 3 is 2.42 bits per heavy atom. The predicted molar refractivity (Wildman–Crippen MR) is 80.2 cm³/mol. The van der Waals surface area contributed by atoms with Crippen LogP contribution in [0, 0.1) is 0 Å². The summed E-state index contributed by atoms with van der Waals surface area (Å²) >= 11 is 1.77. The second-order valence-electron chi connectivity index (χ2n) is 4.07. The van der Waals surface area contributed by atoms with Crippen molar-refractivity contribution in [1.82, 2.24) is 0 Å². The molecule has 0 unspecified atom stereocenters. The first-order chi connectivity index (χ1) is 8.81. The van der Waals surface area contributed by atoms with Gasteiger partial charge in [0.25, 0.3) is 0 Å². The van der Waals surface area contributed by atoms with Crippen LogP contribution in [-0.2, 0) is 9.84 Å². The van der Waals surface area contributed by atoms with E-state index in [1.54, 1.807) is 28.7 Å². The van der Waals surface area contributed by atoms with Gasteiger partial charge >= 0.3 is 5.25 Å². The molecule has 0 aliphatic carbocycles. The zero-order valence-corrected chi connectivity index (χ0v) is 13.4. The van der Waals surface area contributed by atoms with Crippen molar-refractivity contribution < 1.29 is 17.2 Å². The van der Waals surface area contributed by atoms with Crippen LogP contribution in [0.3, 0.4) is 0 Å². The standard InChI is InChI=1S/C13H15F2IO2S/c1-2-3-7-11(16)10-13(14,15)19(17,18)12-8-5-4-6-9-12/h4-6,8-10H,2-3,7H2,1H3/b11-10-. The van der Waals surface area contributed by atoms with Crippen molar-refractivity contribution in [2.45, 2.75) is 36.3 Å². The van der Waals surface area contributed by atoms with Crippen LogP contribution in [0.5, 0.6) is 0 Å². The van der Waals surface area contributed by atoms with E-state index in [2.05, 4.69) is 0 Å². The van der Waals surface area contributed by atoms with Crippen molar-refractivity contribution in [2.75, 3.05) is 0 Å². The van der Waals surface area contributed by atoms with Gasteiger partial charge in [0, 0.05) is 6.08 Å². The lowest BCUT2D eigenvalue weighted by molar-refractivity contribution is 0.146. The van der Waals surface area contributed by atoms with Crippen LogP contribution in [0.4, 0.5) is 8.78 Å². The maximum absolute atomic E-state index is 13.9. The van der Waals surface area contributed by atoms with Crippen LogP contribution >= 0.6 is 22.6 Å². The first kappa shape index (κ1) is 16.6. The molecule has 0 N–H and O–H groups in total. The molecule has 106 valence electrons. The van der Waals surface area contributed by atoms with Crippen molar-refractivity contribution in [3.63, 3.8) is 0 Å². The minimum absolute atomic E-state index is 0.365. The summed E-state index contributed by atoms with van der Waals surface area (Å²) in [5.74, 6) is 0. The number of alkyl halides is 2. The monoisotopic (exact) mass is 400 g/mol. The molecule has 0 spiro atoms. The molecule has 0 aliphatic heterocycles. The molecule has 0 radical (unpaired) electrons. The molecule has 0 heterocycles.